The Morgan fingerprint density at radius 1 is 1.47 bits per heavy atom. The van der Waals surface area contributed by atoms with Crippen LogP contribution in [0.15, 0.2) is 4.52 Å². The summed E-state index contributed by atoms with van der Waals surface area (Å²) in [6, 6.07) is -0.306. The van der Waals surface area contributed by atoms with Crippen LogP contribution in [0, 0.1) is 6.92 Å². The molecule has 17 heavy (non-hydrogen) atoms. The van der Waals surface area contributed by atoms with E-state index < -0.39 is 10.2 Å². The summed E-state index contributed by atoms with van der Waals surface area (Å²) in [7, 11) is -0.380. The van der Waals surface area contributed by atoms with Crippen LogP contribution in [0.4, 0.5) is 0 Å². The molecule has 8 heteroatoms. The fraction of sp³-hybridized carbons (Fsp3) is 0.778. The van der Waals surface area contributed by atoms with Gasteiger partial charge in [0, 0.05) is 27.6 Å². The molecular weight excluding hydrogens is 244 g/mol. The number of aryl methyl sites for hydroxylation is 1. The first-order valence-corrected chi connectivity index (χ1v) is 6.82. The van der Waals surface area contributed by atoms with Crippen LogP contribution in [0.1, 0.15) is 30.6 Å². The van der Waals surface area contributed by atoms with E-state index >= 15 is 0 Å². The summed E-state index contributed by atoms with van der Waals surface area (Å²) >= 11 is 0. The highest BCUT2D eigenvalue weighted by atomic mass is 32.2. The molecule has 1 aromatic rings. The van der Waals surface area contributed by atoms with Gasteiger partial charge in [-0.15, -0.1) is 0 Å². The summed E-state index contributed by atoms with van der Waals surface area (Å²) in [5.41, 5.74) is 0. The topological polar surface area (TPSA) is 79.5 Å². The lowest BCUT2D eigenvalue weighted by atomic mass is 10.2. The summed E-state index contributed by atoms with van der Waals surface area (Å²) in [5, 5.41) is 3.81. The van der Waals surface area contributed by atoms with Crippen LogP contribution >= 0.6 is 0 Å². The van der Waals surface area contributed by atoms with E-state index in [1.165, 1.54) is 22.7 Å². The van der Waals surface area contributed by atoms with Crippen molar-refractivity contribution in [3.8, 4) is 0 Å². The predicted octanol–water partition coefficient (Wildman–Crippen LogP) is 0.321. The number of rotatable bonds is 3. The third kappa shape index (κ3) is 2.20. The molecule has 96 valence electrons. The highest BCUT2D eigenvalue weighted by Gasteiger charge is 2.38. The second-order valence-corrected chi connectivity index (χ2v) is 6.33. The fourth-order valence-corrected chi connectivity index (χ4v) is 3.24. The molecule has 1 aliphatic heterocycles. The van der Waals surface area contributed by atoms with Crippen LogP contribution in [0.25, 0.3) is 0 Å². The third-order valence-electron chi connectivity index (χ3n) is 2.80. The summed E-state index contributed by atoms with van der Waals surface area (Å²) in [6.45, 7) is 2.19. The van der Waals surface area contributed by atoms with Gasteiger partial charge in [0.05, 0.1) is 6.04 Å². The molecule has 1 aliphatic rings. The molecular formula is C9H16N4O3S. The zero-order valence-electron chi connectivity index (χ0n) is 10.1. The van der Waals surface area contributed by atoms with E-state index in [0.717, 1.165) is 12.8 Å². The molecule has 0 saturated carbocycles. The highest BCUT2D eigenvalue weighted by Crippen LogP contribution is 2.33. The Bertz CT molecular complexity index is 496. The van der Waals surface area contributed by atoms with Crippen molar-refractivity contribution in [2.45, 2.75) is 25.8 Å². The van der Waals surface area contributed by atoms with E-state index in [-0.39, 0.29) is 6.04 Å². The zero-order chi connectivity index (χ0) is 12.6. The second-order valence-electron chi connectivity index (χ2n) is 4.23. The van der Waals surface area contributed by atoms with Gasteiger partial charge in [0.25, 0.3) is 10.2 Å². The Hall–Kier alpha value is -0.990. The van der Waals surface area contributed by atoms with Gasteiger partial charge in [-0.05, 0) is 12.8 Å². The summed E-state index contributed by atoms with van der Waals surface area (Å²) in [5.74, 6) is 0.902. The molecule has 1 fully saturated rings. The number of aromatic nitrogens is 2. The van der Waals surface area contributed by atoms with Crippen molar-refractivity contribution in [3.05, 3.63) is 11.7 Å². The van der Waals surface area contributed by atoms with Gasteiger partial charge in [-0.2, -0.15) is 22.0 Å². The van der Waals surface area contributed by atoms with E-state index in [9.17, 15) is 8.42 Å². The molecule has 1 atom stereocenters. The van der Waals surface area contributed by atoms with Gasteiger partial charge in [0.1, 0.15) is 0 Å². The maximum absolute atomic E-state index is 12.1. The Morgan fingerprint density at radius 3 is 2.71 bits per heavy atom. The summed E-state index contributed by atoms with van der Waals surface area (Å²) in [4.78, 5) is 4.11. The van der Waals surface area contributed by atoms with Crippen molar-refractivity contribution in [1.82, 2.24) is 18.8 Å². The van der Waals surface area contributed by atoms with Crippen LogP contribution in [-0.4, -0.2) is 47.8 Å². The Morgan fingerprint density at radius 2 is 2.18 bits per heavy atom. The van der Waals surface area contributed by atoms with Gasteiger partial charge in [-0.25, -0.2) is 0 Å². The zero-order valence-corrected chi connectivity index (χ0v) is 10.9. The molecule has 0 amide bonds. The average molecular weight is 260 g/mol. The minimum atomic E-state index is -3.42. The Labute approximate surface area is 101 Å². The second kappa shape index (κ2) is 4.35. The molecule has 2 heterocycles. The van der Waals surface area contributed by atoms with Crippen molar-refractivity contribution >= 4 is 10.2 Å². The van der Waals surface area contributed by atoms with Crippen molar-refractivity contribution in [2.24, 2.45) is 0 Å². The molecule has 1 unspecified atom stereocenters. The van der Waals surface area contributed by atoms with Gasteiger partial charge in [0.2, 0.25) is 5.89 Å². The summed E-state index contributed by atoms with van der Waals surface area (Å²) < 4.78 is 31.7. The molecule has 1 aromatic heterocycles. The molecule has 0 aromatic carbocycles. The SMILES string of the molecule is Cc1nc(C2CCCN2S(=O)(=O)N(C)C)no1. The van der Waals surface area contributed by atoms with Crippen LogP contribution in [0.3, 0.4) is 0 Å². The minimum Gasteiger partial charge on any atom is -0.340 e. The maximum Gasteiger partial charge on any atom is 0.282 e. The molecule has 1 saturated heterocycles. The van der Waals surface area contributed by atoms with E-state index in [0.29, 0.717) is 18.3 Å². The van der Waals surface area contributed by atoms with E-state index in [1.807, 2.05) is 0 Å². The van der Waals surface area contributed by atoms with Crippen molar-refractivity contribution in [3.63, 3.8) is 0 Å². The van der Waals surface area contributed by atoms with Gasteiger partial charge in [-0.3, -0.25) is 0 Å². The molecule has 0 N–H and O–H groups in total. The predicted molar refractivity (Wildman–Crippen MR) is 60.3 cm³/mol. The molecule has 0 spiro atoms. The molecule has 0 radical (unpaired) electrons. The number of nitrogens with zero attached hydrogens (tertiary/aromatic N) is 4. The van der Waals surface area contributed by atoms with Crippen molar-refractivity contribution in [1.29, 1.82) is 0 Å². The van der Waals surface area contributed by atoms with Crippen molar-refractivity contribution < 1.29 is 12.9 Å². The number of hydrogen-bond acceptors (Lipinski definition) is 5. The number of hydrogen-bond donors (Lipinski definition) is 0. The highest BCUT2D eigenvalue weighted by molar-refractivity contribution is 7.86. The monoisotopic (exact) mass is 260 g/mol. The maximum atomic E-state index is 12.1. The quantitative estimate of drug-likeness (QED) is 0.782. The molecule has 0 aliphatic carbocycles. The minimum absolute atomic E-state index is 0.306. The summed E-state index contributed by atoms with van der Waals surface area (Å²) in [6.07, 6.45) is 1.54. The first-order chi connectivity index (χ1) is 7.93. The fourth-order valence-electron chi connectivity index (χ4n) is 1.93. The van der Waals surface area contributed by atoms with E-state index in [2.05, 4.69) is 10.1 Å². The van der Waals surface area contributed by atoms with Crippen LogP contribution in [0.5, 0.6) is 0 Å². The van der Waals surface area contributed by atoms with Gasteiger partial charge in [-0.1, -0.05) is 5.16 Å². The molecule has 7 nitrogen and oxygen atoms in total. The lowest BCUT2D eigenvalue weighted by Crippen LogP contribution is -2.39. The van der Waals surface area contributed by atoms with Crippen LogP contribution in [0.2, 0.25) is 0 Å². The lowest BCUT2D eigenvalue weighted by Gasteiger charge is -2.24. The standard InChI is InChI=1S/C9H16N4O3S/c1-7-10-9(11-16-7)8-5-4-6-13(8)17(14,15)12(2)3/h8H,4-6H2,1-3H3. The normalized spacial score (nSPS) is 22.5. The first-order valence-electron chi connectivity index (χ1n) is 5.42. The third-order valence-corrected chi connectivity index (χ3v) is 4.76. The smallest absolute Gasteiger partial charge is 0.282 e. The molecule has 0 bridgehead atoms. The first kappa shape index (κ1) is 12.5. The lowest BCUT2D eigenvalue weighted by molar-refractivity contribution is 0.333. The Balaban J connectivity index is 2.30. The van der Waals surface area contributed by atoms with Gasteiger partial charge < -0.3 is 4.52 Å². The average Bonchev–Trinajstić information content (AvgIpc) is 2.84. The molecule has 2 rings (SSSR count). The van der Waals surface area contributed by atoms with Gasteiger partial charge >= 0.3 is 0 Å². The van der Waals surface area contributed by atoms with E-state index in [4.69, 9.17) is 4.52 Å². The van der Waals surface area contributed by atoms with Gasteiger partial charge in [0.15, 0.2) is 5.82 Å². The van der Waals surface area contributed by atoms with E-state index in [1.54, 1.807) is 6.92 Å². The van der Waals surface area contributed by atoms with Crippen LogP contribution < -0.4 is 0 Å². The van der Waals surface area contributed by atoms with Crippen molar-refractivity contribution in [2.75, 3.05) is 20.6 Å². The van der Waals surface area contributed by atoms with Crippen LogP contribution in [-0.2, 0) is 10.2 Å². The Kier molecular flexibility index (Phi) is 3.19. The largest absolute Gasteiger partial charge is 0.340 e.